The van der Waals surface area contributed by atoms with E-state index in [1.165, 1.54) is 86.8 Å². The summed E-state index contributed by atoms with van der Waals surface area (Å²) in [5, 5.41) is 1.27. The Morgan fingerprint density at radius 2 is 1.44 bits per heavy atom. The first-order chi connectivity index (χ1) is 12.3. The quantitative estimate of drug-likeness (QED) is 0.324. The topological polar surface area (TPSA) is 22.1 Å². The fourth-order valence-electron chi connectivity index (χ4n) is 3.30. The van der Waals surface area contributed by atoms with Gasteiger partial charge in [0.15, 0.2) is 0 Å². The van der Waals surface area contributed by atoms with Crippen LogP contribution in [0.25, 0.3) is 10.2 Å². The fraction of sp³-hybridized carbons (Fsp3) is 0.682. The van der Waals surface area contributed by atoms with Crippen molar-refractivity contribution in [3.8, 4) is 5.75 Å². The minimum absolute atomic E-state index is 0.924. The summed E-state index contributed by atoms with van der Waals surface area (Å²) < 4.78 is 6.53. The van der Waals surface area contributed by atoms with E-state index in [-0.39, 0.29) is 0 Å². The maximum atomic E-state index is 5.29. The number of rotatable bonds is 14. The lowest BCUT2D eigenvalue weighted by molar-refractivity contribution is 0.415. The van der Waals surface area contributed by atoms with Crippen LogP contribution in [0.4, 0.5) is 0 Å². The summed E-state index contributed by atoms with van der Waals surface area (Å²) in [6.45, 7) is 2.29. The van der Waals surface area contributed by atoms with Gasteiger partial charge >= 0.3 is 0 Å². The highest BCUT2D eigenvalue weighted by molar-refractivity contribution is 7.18. The van der Waals surface area contributed by atoms with Gasteiger partial charge < -0.3 is 4.74 Å². The zero-order chi connectivity index (χ0) is 17.7. The van der Waals surface area contributed by atoms with Crippen LogP contribution in [0.5, 0.6) is 5.75 Å². The normalized spacial score (nSPS) is 11.3. The molecule has 140 valence electrons. The maximum absolute atomic E-state index is 5.29. The summed E-state index contributed by atoms with van der Waals surface area (Å²) in [4.78, 5) is 4.74. The molecule has 2 aromatic rings. The van der Waals surface area contributed by atoms with Crippen molar-refractivity contribution in [3.63, 3.8) is 0 Å². The van der Waals surface area contributed by atoms with Crippen LogP contribution in [-0.4, -0.2) is 12.1 Å². The maximum Gasteiger partial charge on any atom is 0.120 e. The zero-order valence-corrected chi connectivity index (χ0v) is 17.0. The first kappa shape index (κ1) is 20.2. The Hall–Kier alpha value is -1.09. The number of methoxy groups -OCH3 is 1. The molecule has 2 nitrogen and oxygen atoms in total. The van der Waals surface area contributed by atoms with E-state index in [1.807, 2.05) is 17.4 Å². The molecule has 0 radical (unpaired) electrons. The van der Waals surface area contributed by atoms with Gasteiger partial charge in [-0.05, 0) is 31.0 Å². The third kappa shape index (κ3) is 7.77. The fourth-order valence-corrected chi connectivity index (χ4v) is 4.34. The lowest BCUT2D eigenvalue weighted by Crippen LogP contribution is -1.86. The van der Waals surface area contributed by atoms with Crippen LogP contribution >= 0.6 is 11.3 Å². The summed E-state index contributed by atoms with van der Waals surface area (Å²) in [5.74, 6) is 0.924. The van der Waals surface area contributed by atoms with Crippen LogP contribution in [0.3, 0.4) is 0 Å². The summed E-state index contributed by atoms with van der Waals surface area (Å²) in [6.07, 6.45) is 17.9. The van der Waals surface area contributed by atoms with Gasteiger partial charge in [0.25, 0.3) is 0 Å². The Labute approximate surface area is 158 Å². The van der Waals surface area contributed by atoms with Crippen molar-refractivity contribution < 1.29 is 4.74 Å². The zero-order valence-electron chi connectivity index (χ0n) is 16.2. The van der Waals surface area contributed by atoms with Crippen LogP contribution in [-0.2, 0) is 6.42 Å². The molecule has 0 N–H and O–H groups in total. The van der Waals surface area contributed by atoms with Gasteiger partial charge in [-0.25, -0.2) is 4.98 Å². The number of fused-ring (bicyclic) bond motifs is 1. The second-order valence-electron chi connectivity index (χ2n) is 7.08. The number of benzene rings is 1. The second kappa shape index (κ2) is 12.3. The van der Waals surface area contributed by atoms with E-state index in [4.69, 9.17) is 9.72 Å². The summed E-state index contributed by atoms with van der Waals surface area (Å²) in [6, 6.07) is 6.16. The van der Waals surface area contributed by atoms with Crippen molar-refractivity contribution in [2.24, 2.45) is 0 Å². The van der Waals surface area contributed by atoms with Crippen LogP contribution in [0, 0.1) is 0 Å². The van der Waals surface area contributed by atoms with Crippen LogP contribution in [0.2, 0.25) is 0 Å². The van der Waals surface area contributed by atoms with Gasteiger partial charge in [0, 0.05) is 0 Å². The molecule has 0 unspecified atom stereocenters. The van der Waals surface area contributed by atoms with Crippen molar-refractivity contribution in [2.75, 3.05) is 7.11 Å². The Kier molecular flexibility index (Phi) is 9.95. The molecule has 0 aliphatic rings. The highest BCUT2D eigenvalue weighted by Crippen LogP contribution is 2.27. The van der Waals surface area contributed by atoms with Crippen molar-refractivity contribution >= 4 is 21.6 Å². The van der Waals surface area contributed by atoms with E-state index in [0.29, 0.717) is 0 Å². The molecule has 3 heteroatoms. The van der Waals surface area contributed by atoms with Crippen molar-refractivity contribution in [2.45, 2.75) is 90.4 Å². The molecule has 2 rings (SSSR count). The van der Waals surface area contributed by atoms with Gasteiger partial charge in [-0.3, -0.25) is 0 Å². The van der Waals surface area contributed by atoms with E-state index < -0.39 is 0 Å². The predicted molar refractivity (Wildman–Crippen MR) is 111 cm³/mol. The highest BCUT2D eigenvalue weighted by Gasteiger charge is 2.05. The van der Waals surface area contributed by atoms with Gasteiger partial charge in [0.05, 0.1) is 22.3 Å². The van der Waals surface area contributed by atoms with E-state index >= 15 is 0 Å². The molecule has 0 saturated heterocycles. The van der Waals surface area contributed by atoms with Crippen LogP contribution < -0.4 is 4.74 Å². The van der Waals surface area contributed by atoms with E-state index in [2.05, 4.69) is 19.1 Å². The molecule has 25 heavy (non-hydrogen) atoms. The minimum atomic E-state index is 0.924. The van der Waals surface area contributed by atoms with Crippen LogP contribution in [0.1, 0.15) is 89.0 Å². The molecular formula is C22H35NOS. The molecule has 0 atom stereocenters. The number of ether oxygens (including phenoxy) is 1. The Balaban J connectivity index is 1.49. The van der Waals surface area contributed by atoms with Crippen LogP contribution in [0.15, 0.2) is 18.2 Å². The van der Waals surface area contributed by atoms with Gasteiger partial charge in [-0.1, -0.05) is 77.6 Å². The molecule has 1 aromatic carbocycles. The average molecular weight is 362 g/mol. The highest BCUT2D eigenvalue weighted by atomic mass is 32.1. The van der Waals surface area contributed by atoms with Crippen molar-refractivity contribution in [1.82, 2.24) is 4.98 Å². The molecular weight excluding hydrogens is 326 g/mol. The minimum Gasteiger partial charge on any atom is -0.497 e. The number of thiazole rings is 1. The number of unbranched alkanes of at least 4 members (excludes halogenated alkanes) is 11. The van der Waals surface area contributed by atoms with Gasteiger partial charge in [0.1, 0.15) is 5.75 Å². The number of nitrogens with zero attached hydrogens (tertiary/aromatic N) is 1. The first-order valence-corrected chi connectivity index (χ1v) is 11.1. The lowest BCUT2D eigenvalue weighted by atomic mass is 10.0. The summed E-state index contributed by atoms with van der Waals surface area (Å²) in [5.41, 5.74) is 1.11. The Morgan fingerprint density at radius 3 is 2.04 bits per heavy atom. The molecule has 0 bridgehead atoms. The van der Waals surface area contributed by atoms with E-state index in [9.17, 15) is 0 Å². The Morgan fingerprint density at radius 1 is 0.840 bits per heavy atom. The first-order valence-electron chi connectivity index (χ1n) is 10.3. The van der Waals surface area contributed by atoms with Gasteiger partial charge in [0.2, 0.25) is 0 Å². The molecule has 0 spiro atoms. The SMILES string of the molecule is CCCCCCCCCCCCCCc1nc2ccc(OC)cc2s1. The van der Waals surface area contributed by atoms with Crippen molar-refractivity contribution in [3.05, 3.63) is 23.2 Å². The molecule has 1 heterocycles. The summed E-state index contributed by atoms with van der Waals surface area (Å²) >= 11 is 1.82. The van der Waals surface area contributed by atoms with E-state index in [1.54, 1.807) is 7.11 Å². The van der Waals surface area contributed by atoms with Gasteiger partial charge in [-0.2, -0.15) is 0 Å². The number of aromatic nitrogens is 1. The van der Waals surface area contributed by atoms with Gasteiger partial charge in [-0.15, -0.1) is 11.3 Å². The number of hydrogen-bond acceptors (Lipinski definition) is 3. The molecule has 0 fully saturated rings. The number of aryl methyl sites for hydroxylation is 1. The largest absolute Gasteiger partial charge is 0.497 e. The standard InChI is InChI=1S/C22H35NOS/c1-3-4-5-6-7-8-9-10-11-12-13-14-15-22-23-20-17-16-19(24-2)18-21(20)25-22/h16-18H,3-15H2,1-2H3. The summed E-state index contributed by atoms with van der Waals surface area (Å²) in [7, 11) is 1.72. The molecule has 1 aromatic heterocycles. The molecule has 0 aliphatic carbocycles. The Bertz CT molecular complexity index is 593. The second-order valence-corrected chi connectivity index (χ2v) is 8.20. The van der Waals surface area contributed by atoms with E-state index in [0.717, 1.165) is 17.7 Å². The third-order valence-corrected chi connectivity index (χ3v) is 5.96. The number of hydrogen-bond donors (Lipinski definition) is 0. The predicted octanol–water partition coefficient (Wildman–Crippen LogP) is 7.55. The molecule has 0 saturated carbocycles. The van der Waals surface area contributed by atoms with Crippen molar-refractivity contribution in [1.29, 1.82) is 0 Å². The molecule has 0 aliphatic heterocycles. The smallest absolute Gasteiger partial charge is 0.120 e. The molecule has 0 amide bonds. The monoisotopic (exact) mass is 361 g/mol. The average Bonchev–Trinajstić information content (AvgIpc) is 3.04. The third-order valence-electron chi connectivity index (χ3n) is 4.88. The lowest BCUT2D eigenvalue weighted by Gasteiger charge is -2.02.